The minimum atomic E-state index is -0.214. The van der Waals surface area contributed by atoms with Gasteiger partial charge in [0, 0.05) is 22.0 Å². The van der Waals surface area contributed by atoms with E-state index in [1.807, 2.05) is 30.3 Å². The van der Waals surface area contributed by atoms with Crippen LogP contribution in [-0.2, 0) is 11.3 Å². The van der Waals surface area contributed by atoms with E-state index in [0.717, 1.165) is 35.8 Å². The summed E-state index contributed by atoms with van der Waals surface area (Å²) < 4.78 is 11.2. The molecule has 2 N–H and O–H groups in total. The first kappa shape index (κ1) is 16.8. The lowest BCUT2D eigenvalue weighted by molar-refractivity contribution is 0.0679. The van der Waals surface area contributed by atoms with Crippen LogP contribution in [0.2, 0.25) is 0 Å². The van der Waals surface area contributed by atoms with Crippen molar-refractivity contribution in [2.75, 3.05) is 18.5 Å². The number of thiophene rings is 1. The molecule has 0 saturated carbocycles. The van der Waals surface area contributed by atoms with Gasteiger partial charge in [0.15, 0.2) is 0 Å². The van der Waals surface area contributed by atoms with Crippen LogP contribution >= 0.6 is 11.3 Å². The number of hydrogen-bond acceptors (Lipinski definition) is 4. The van der Waals surface area contributed by atoms with Crippen molar-refractivity contribution >= 4 is 23.1 Å². The fraction of sp³-hybridized carbons (Fsp3) is 0.389. The van der Waals surface area contributed by atoms with E-state index in [1.165, 1.54) is 4.88 Å². The average molecular weight is 346 g/mol. The molecular formula is C18H22N2O3S. The zero-order valence-electron chi connectivity index (χ0n) is 13.7. The summed E-state index contributed by atoms with van der Waals surface area (Å²) in [5.41, 5.74) is 0.735. The molecule has 1 unspecified atom stereocenters. The highest BCUT2D eigenvalue weighted by Gasteiger charge is 2.15. The van der Waals surface area contributed by atoms with E-state index < -0.39 is 0 Å². The standard InChI is InChI=1S/C18H22N2O3S/c1-13-4-9-17(24-13)11-19-18(21)20-14-5-7-15(8-6-14)23-12-16-3-2-10-22-16/h4-9,16H,2-3,10-12H2,1H3,(H2,19,20,21). The van der Waals surface area contributed by atoms with Crippen LogP contribution in [0.5, 0.6) is 5.75 Å². The van der Waals surface area contributed by atoms with Crippen LogP contribution in [0.15, 0.2) is 36.4 Å². The summed E-state index contributed by atoms with van der Waals surface area (Å²) in [5, 5.41) is 5.67. The lowest BCUT2D eigenvalue weighted by Gasteiger charge is -2.12. The van der Waals surface area contributed by atoms with Gasteiger partial charge in [-0.05, 0) is 56.2 Å². The van der Waals surface area contributed by atoms with Gasteiger partial charge in [0.05, 0.1) is 12.6 Å². The van der Waals surface area contributed by atoms with Crippen LogP contribution in [-0.4, -0.2) is 25.3 Å². The first-order valence-corrected chi connectivity index (χ1v) is 8.95. The van der Waals surface area contributed by atoms with E-state index in [9.17, 15) is 4.79 Å². The lowest BCUT2D eigenvalue weighted by atomic mass is 10.2. The molecule has 2 aromatic rings. The maximum absolute atomic E-state index is 11.9. The molecule has 3 rings (SSSR count). The molecule has 1 aromatic carbocycles. The molecule has 0 radical (unpaired) electrons. The topological polar surface area (TPSA) is 59.6 Å². The number of anilines is 1. The molecule has 24 heavy (non-hydrogen) atoms. The van der Waals surface area contributed by atoms with Crippen LogP contribution in [0.1, 0.15) is 22.6 Å². The van der Waals surface area contributed by atoms with Crippen molar-refractivity contribution in [3.63, 3.8) is 0 Å². The largest absolute Gasteiger partial charge is 0.491 e. The number of carbonyl (C=O) groups is 1. The summed E-state index contributed by atoms with van der Waals surface area (Å²) in [5.74, 6) is 0.783. The van der Waals surface area contributed by atoms with Crippen molar-refractivity contribution in [3.8, 4) is 5.75 Å². The Kier molecular flexibility index (Phi) is 5.72. The summed E-state index contributed by atoms with van der Waals surface area (Å²) in [7, 11) is 0. The van der Waals surface area contributed by atoms with Crippen molar-refractivity contribution in [2.24, 2.45) is 0 Å². The van der Waals surface area contributed by atoms with Gasteiger partial charge in [-0.25, -0.2) is 4.79 Å². The molecular weight excluding hydrogens is 324 g/mol. The van der Waals surface area contributed by atoms with Crippen molar-refractivity contribution in [1.82, 2.24) is 5.32 Å². The second-order valence-electron chi connectivity index (χ2n) is 5.79. The number of urea groups is 1. The third-order valence-electron chi connectivity index (χ3n) is 3.79. The quantitative estimate of drug-likeness (QED) is 0.833. The first-order valence-electron chi connectivity index (χ1n) is 8.14. The number of hydrogen-bond donors (Lipinski definition) is 2. The van der Waals surface area contributed by atoms with Crippen LogP contribution < -0.4 is 15.4 Å². The third-order valence-corrected chi connectivity index (χ3v) is 4.79. The number of aryl methyl sites for hydroxylation is 1. The van der Waals surface area contributed by atoms with Gasteiger partial charge >= 0.3 is 6.03 Å². The molecule has 6 heteroatoms. The molecule has 5 nitrogen and oxygen atoms in total. The highest BCUT2D eigenvalue weighted by molar-refractivity contribution is 7.11. The first-order chi connectivity index (χ1) is 11.7. The van der Waals surface area contributed by atoms with E-state index >= 15 is 0 Å². The van der Waals surface area contributed by atoms with Crippen molar-refractivity contribution in [3.05, 3.63) is 46.2 Å². The highest BCUT2D eigenvalue weighted by Crippen LogP contribution is 2.18. The molecule has 0 bridgehead atoms. The average Bonchev–Trinajstić information content (AvgIpc) is 3.24. The highest BCUT2D eigenvalue weighted by atomic mass is 32.1. The summed E-state index contributed by atoms with van der Waals surface area (Å²) in [6.45, 7) is 3.99. The predicted molar refractivity (Wildman–Crippen MR) is 95.8 cm³/mol. The van der Waals surface area contributed by atoms with Gasteiger partial charge in [0.2, 0.25) is 0 Å². The molecule has 0 aliphatic carbocycles. The van der Waals surface area contributed by atoms with Crippen molar-refractivity contribution in [1.29, 1.82) is 0 Å². The Morgan fingerprint density at radius 2 is 2.12 bits per heavy atom. The van der Waals surface area contributed by atoms with Crippen molar-refractivity contribution < 1.29 is 14.3 Å². The summed E-state index contributed by atoms with van der Waals surface area (Å²) >= 11 is 1.68. The second-order valence-corrected chi connectivity index (χ2v) is 7.16. The van der Waals surface area contributed by atoms with Gasteiger partial charge in [0.1, 0.15) is 12.4 Å². The Hall–Kier alpha value is -2.05. The van der Waals surface area contributed by atoms with E-state index in [0.29, 0.717) is 13.2 Å². The van der Waals surface area contributed by atoms with E-state index in [2.05, 4.69) is 23.6 Å². The molecule has 0 spiro atoms. The molecule has 1 aliphatic heterocycles. The van der Waals surface area contributed by atoms with Gasteiger partial charge in [0.25, 0.3) is 0 Å². The minimum absolute atomic E-state index is 0.203. The fourth-order valence-corrected chi connectivity index (χ4v) is 3.35. The summed E-state index contributed by atoms with van der Waals surface area (Å²) in [6.07, 6.45) is 2.37. The Labute approximate surface area is 146 Å². The van der Waals surface area contributed by atoms with Crippen molar-refractivity contribution in [2.45, 2.75) is 32.4 Å². The van der Waals surface area contributed by atoms with E-state index in [-0.39, 0.29) is 12.1 Å². The summed E-state index contributed by atoms with van der Waals surface area (Å²) in [4.78, 5) is 14.3. The monoisotopic (exact) mass is 346 g/mol. The molecule has 1 aromatic heterocycles. The third kappa shape index (κ3) is 4.97. The zero-order valence-corrected chi connectivity index (χ0v) is 14.5. The lowest BCUT2D eigenvalue weighted by Crippen LogP contribution is -2.27. The minimum Gasteiger partial charge on any atom is -0.491 e. The molecule has 2 heterocycles. The number of ether oxygens (including phenoxy) is 2. The van der Waals surface area contributed by atoms with Gasteiger partial charge in [-0.3, -0.25) is 0 Å². The Balaban J connectivity index is 1.42. The van der Waals surface area contributed by atoms with E-state index in [4.69, 9.17) is 9.47 Å². The fourth-order valence-electron chi connectivity index (χ4n) is 2.52. The smallest absolute Gasteiger partial charge is 0.319 e. The zero-order chi connectivity index (χ0) is 16.8. The maximum atomic E-state index is 11.9. The van der Waals surface area contributed by atoms with Gasteiger partial charge < -0.3 is 20.1 Å². The number of rotatable bonds is 6. The molecule has 1 aliphatic rings. The molecule has 1 fully saturated rings. The van der Waals surface area contributed by atoms with Crippen LogP contribution in [0.3, 0.4) is 0 Å². The van der Waals surface area contributed by atoms with Gasteiger partial charge in [-0.15, -0.1) is 11.3 Å². The summed E-state index contributed by atoms with van der Waals surface area (Å²) in [6, 6.07) is 11.2. The Morgan fingerprint density at radius 1 is 1.29 bits per heavy atom. The molecule has 2 amide bonds. The Morgan fingerprint density at radius 3 is 2.79 bits per heavy atom. The number of amides is 2. The normalized spacial score (nSPS) is 16.8. The second kappa shape index (κ2) is 8.17. The van der Waals surface area contributed by atoms with Crippen LogP contribution in [0, 0.1) is 6.92 Å². The predicted octanol–water partition coefficient (Wildman–Crippen LogP) is 3.94. The number of carbonyl (C=O) groups excluding carboxylic acids is 1. The van der Waals surface area contributed by atoms with Crippen LogP contribution in [0.25, 0.3) is 0 Å². The van der Waals surface area contributed by atoms with Gasteiger partial charge in [-0.1, -0.05) is 0 Å². The SMILES string of the molecule is Cc1ccc(CNC(=O)Nc2ccc(OCC3CCCO3)cc2)s1. The maximum Gasteiger partial charge on any atom is 0.319 e. The number of nitrogens with one attached hydrogen (secondary N) is 2. The number of benzene rings is 1. The van der Waals surface area contributed by atoms with E-state index in [1.54, 1.807) is 11.3 Å². The Bertz CT molecular complexity index is 663. The van der Waals surface area contributed by atoms with Crippen LogP contribution in [0.4, 0.5) is 10.5 Å². The van der Waals surface area contributed by atoms with Gasteiger partial charge in [-0.2, -0.15) is 0 Å². The molecule has 1 saturated heterocycles. The molecule has 128 valence electrons. The molecule has 1 atom stereocenters.